The summed E-state index contributed by atoms with van der Waals surface area (Å²) in [4.78, 5) is 0. The van der Waals surface area contributed by atoms with Gasteiger partial charge in [0.1, 0.15) is 0 Å². The minimum atomic E-state index is 0.695. The molecule has 0 bridgehead atoms. The van der Waals surface area contributed by atoms with E-state index in [0.29, 0.717) is 5.92 Å². The molecule has 2 N–H and O–H groups in total. The molecule has 1 aliphatic carbocycles. The maximum atomic E-state index is 5.66. The predicted octanol–water partition coefficient (Wildman–Crippen LogP) is 1.67. The number of nitrogens with two attached hydrogens (primary N) is 1. The Morgan fingerprint density at radius 2 is 2.25 bits per heavy atom. The molecular formula is C11H15N. The smallest absolute Gasteiger partial charge is 0.00425 e. The Morgan fingerprint density at radius 3 is 2.92 bits per heavy atom. The number of benzene rings is 1. The second-order valence-corrected chi connectivity index (χ2v) is 3.72. The minimum Gasteiger partial charge on any atom is -0.330 e. The van der Waals surface area contributed by atoms with Crippen LogP contribution in [0, 0.1) is 12.8 Å². The summed E-state index contributed by atoms with van der Waals surface area (Å²) in [6.07, 6.45) is 2.38. The van der Waals surface area contributed by atoms with Gasteiger partial charge in [0.2, 0.25) is 0 Å². The van der Waals surface area contributed by atoms with Gasteiger partial charge in [-0.05, 0) is 48.9 Å². The van der Waals surface area contributed by atoms with Crippen molar-refractivity contribution >= 4 is 0 Å². The van der Waals surface area contributed by atoms with Crippen LogP contribution in [-0.4, -0.2) is 6.54 Å². The third-order valence-electron chi connectivity index (χ3n) is 2.84. The van der Waals surface area contributed by atoms with Crippen LogP contribution < -0.4 is 5.73 Å². The minimum absolute atomic E-state index is 0.695. The van der Waals surface area contributed by atoms with Crippen LogP contribution in [0.5, 0.6) is 0 Å². The fourth-order valence-corrected chi connectivity index (χ4v) is 2.08. The Balaban J connectivity index is 2.35. The molecule has 0 saturated heterocycles. The molecule has 1 nitrogen and oxygen atoms in total. The average molecular weight is 161 g/mol. The number of rotatable bonds is 1. The molecule has 1 unspecified atom stereocenters. The van der Waals surface area contributed by atoms with Gasteiger partial charge in [-0.15, -0.1) is 0 Å². The van der Waals surface area contributed by atoms with E-state index in [9.17, 15) is 0 Å². The maximum absolute atomic E-state index is 5.66. The van der Waals surface area contributed by atoms with Gasteiger partial charge in [-0.3, -0.25) is 0 Å². The highest BCUT2D eigenvalue weighted by Gasteiger charge is 2.20. The van der Waals surface area contributed by atoms with E-state index < -0.39 is 0 Å². The standard InChI is InChI=1S/C11H15N/c1-8-3-2-4-10-5-9(7-12)6-11(8)10/h2-4,9H,5-7,12H2,1H3. The molecule has 1 aromatic carbocycles. The van der Waals surface area contributed by atoms with Crippen molar-refractivity contribution in [1.29, 1.82) is 0 Å². The molecule has 64 valence electrons. The SMILES string of the molecule is Cc1cccc2c1CC(CN)C2. The first-order chi connectivity index (χ1) is 5.81. The van der Waals surface area contributed by atoms with Crippen LogP contribution >= 0.6 is 0 Å². The van der Waals surface area contributed by atoms with E-state index in [1.165, 1.54) is 24.0 Å². The van der Waals surface area contributed by atoms with Crippen LogP contribution in [0.15, 0.2) is 18.2 Å². The molecule has 0 spiro atoms. The lowest BCUT2D eigenvalue weighted by atomic mass is 10.0. The highest BCUT2D eigenvalue weighted by Crippen LogP contribution is 2.28. The lowest BCUT2D eigenvalue weighted by Crippen LogP contribution is -2.13. The van der Waals surface area contributed by atoms with E-state index in [2.05, 4.69) is 25.1 Å². The van der Waals surface area contributed by atoms with E-state index >= 15 is 0 Å². The topological polar surface area (TPSA) is 26.0 Å². The molecule has 1 heteroatoms. The van der Waals surface area contributed by atoms with E-state index in [1.54, 1.807) is 5.56 Å². The predicted molar refractivity (Wildman–Crippen MR) is 51.1 cm³/mol. The molecule has 2 rings (SSSR count). The molecule has 12 heavy (non-hydrogen) atoms. The maximum Gasteiger partial charge on any atom is -0.00425 e. The van der Waals surface area contributed by atoms with Crippen molar-refractivity contribution in [1.82, 2.24) is 0 Å². The van der Waals surface area contributed by atoms with Gasteiger partial charge in [0, 0.05) is 0 Å². The molecule has 1 aromatic rings. The molecular weight excluding hydrogens is 146 g/mol. The van der Waals surface area contributed by atoms with Crippen LogP contribution in [0.2, 0.25) is 0 Å². The Hall–Kier alpha value is -0.820. The number of hydrogen-bond acceptors (Lipinski definition) is 1. The lowest BCUT2D eigenvalue weighted by molar-refractivity contribution is 0.574. The van der Waals surface area contributed by atoms with Crippen LogP contribution in [0.4, 0.5) is 0 Å². The quantitative estimate of drug-likeness (QED) is 0.666. The van der Waals surface area contributed by atoms with Crippen LogP contribution in [-0.2, 0) is 12.8 Å². The Morgan fingerprint density at radius 1 is 1.42 bits per heavy atom. The fraction of sp³-hybridized carbons (Fsp3) is 0.455. The van der Waals surface area contributed by atoms with E-state index in [1.807, 2.05) is 0 Å². The molecule has 0 radical (unpaired) electrons. The van der Waals surface area contributed by atoms with Gasteiger partial charge in [-0.1, -0.05) is 18.2 Å². The second-order valence-electron chi connectivity index (χ2n) is 3.72. The van der Waals surface area contributed by atoms with Crippen molar-refractivity contribution in [2.24, 2.45) is 11.7 Å². The zero-order valence-electron chi connectivity index (χ0n) is 7.51. The highest BCUT2D eigenvalue weighted by atomic mass is 14.6. The first kappa shape index (κ1) is 7.81. The van der Waals surface area contributed by atoms with Gasteiger partial charge in [-0.25, -0.2) is 0 Å². The zero-order chi connectivity index (χ0) is 8.55. The first-order valence-electron chi connectivity index (χ1n) is 4.58. The molecule has 0 aromatic heterocycles. The molecule has 0 saturated carbocycles. The zero-order valence-corrected chi connectivity index (χ0v) is 7.51. The van der Waals surface area contributed by atoms with Crippen molar-refractivity contribution in [3.05, 3.63) is 34.9 Å². The number of hydrogen-bond donors (Lipinski definition) is 1. The highest BCUT2D eigenvalue weighted by molar-refractivity contribution is 5.38. The van der Waals surface area contributed by atoms with Gasteiger partial charge >= 0.3 is 0 Å². The largest absolute Gasteiger partial charge is 0.330 e. The van der Waals surface area contributed by atoms with Gasteiger partial charge < -0.3 is 5.73 Å². The summed E-state index contributed by atoms with van der Waals surface area (Å²) in [6.45, 7) is 3.02. The van der Waals surface area contributed by atoms with Crippen LogP contribution in [0.3, 0.4) is 0 Å². The second kappa shape index (κ2) is 2.91. The van der Waals surface area contributed by atoms with Gasteiger partial charge in [0.25, 0.3) is 0 Å². The molecule has 0 fully saturated rings. The molecule has 1 atom stereocenters. The molecule has 0 heterocycles. The Labute approximate surface area is 73.6 Å². The van der Waals surface area contributed by atoms with Gasteiger partial charge in [0.05, 0.1) is 0 Å². The summed E-state index contributed by atoms with van der Waals surface area (Å²) in [7, 11) is 0. The third kappa shape index (κ3) is 1.14. The normalized spacial score (nSPS) is 21.0. The summed E-state index contributed by atoms with van der Waals surface area (Å²) >= 11 is 0. The summed E-state index contributed by atoms with van der Waals surface area (Å²) in [5, 5.41) is 0. The number of fused-ring (bicyclic) bond motifs is 1. The summed E-state index contributed by atoms with van der Waals surface area (Å²) < 4.78 is 0. The van der Waals surface area contributed by atoms with Crippen molar-refractivity contribution in [2.75, 3.05) is 6.54 Å². The van der Waals surface area contributed by atoms with E-state index in [0.717, 1.165) is 6.54 Å². The monoisotopic (exact) mass is 161 g/mol. The third-order valence-corrected chi connectivity index (χ3v) is 2.84. The summed E-state index contributed by atoms with van der Waals surface area (Å²) in [6, 6.07) is 6.57. The Kier molecular flexibility index (Phi) is 1.89. The Bertz CT molecular complexity index is 291. The summed E-state index contributed by atoms with van der Waals surface area (Å²) in [5.41, 5.74) is 10.2. The van der Waals surface area contributed by atoms with Gasteiger partial charge in [-0.2, -0.15) is 0 Å². The average Bonchev–Trinajstić information content (AvgIpc) is 2.49. The summed E-state index contributed by atoms with van der Waals surface area (Å²) in [5.74, 6) is 0.695. The molecule has 0 amide bonds. The van der Waals surface area contributed by atoms with Crippen molar-refractivity contribution in [3.63, 3.8) is 0 Å². The molecule has 0 aliphatic heterocycles. The van der Waals surface area contributed by atoms with Gasteiger partial charge in [0.15, 0.2) is 0 Å². The fourth-order valence-electron chi connectivity index (χ4n) is 2.08. The van der Waals surface area contributed by atoms with Crippen molar-refractivity contribution in [3.8, 4) is 0 Å². The van der Waals surface area contributed by atoms with Crippen LogP contribution in [0.1, 0.15) is 16.7 Å². The first-order valence-corrected chi connectivity index (χ1v) is 4.58. The van der Waals surface area contributed by atoms with Crippen molar-refractivity contribution < 1.29 is 0 Å². The lowest BCUT2D eigenvalue weighted by Gasteiger charge is -2.02. The van der Waals surface area contributed by atoms with Crippen LogP contribution in [0.25, 0.3) is 0 Å². The molecule has 1 aliphatic rings. The van der Waals surface area contributed by atoms with Crippen molar-refractivity contribution in [2.45, 2.75) is 19.8 Å². The van der Waals surface area contributed by atoms with E-state index in [-0.39, 0.29) is 0 Å². The van der Waals surface area contributed by atoms with E-state index in [4.69, 9.17) is 5.73 Å². The number of aryl methyl sites for hydroxylation is 1.